The maximum Gasteiger partial charge on any atom is 0.0847 e. The Morgan fingerprint density at radius 2 is 2.15 bits per heavy atom. The van der Waals surface area contributed by atoms with Crippen molar-refractivity contribution in [3.05, 3.63) is 47.5 Å². The molecule has 1 unspecified atom stereocenters. The minimum absolute atomic E-state index is 0.511. The molecule has 3 rings (SSSR count). The minimum Gasteiger partial charge on any atom is -0.388 e. The van der Waals surface area contributed by atoms with Crippen molar-refractivity contribution in [2.24, 2.45) is 0 Å². The van der Waals surface area contributed by atoms with Crippen molar-refractivity contribution in [1.29, 1.82) is 0 Å². The van der Waals surface area contributed by atoms with Crippen molar-refractivity contribution in [2.45, 2.75) is 51.2 Å². The molecule has 0 saturated heterocycles. The lowest BCUT2D eigenvalue weighted by molar-refractivity contribution is 0.176. The fourth-order valence-corrected chi connectivity index (χ4v) is 2.95. The predicted octanol–water partition coefficient (Wildman–Crippen LogP) is 2.98. The van der Waals surface area contributed by atoms with Gasteiger partial charge in [0.25, 0.3) is 0 Å². The molecule has 1 saturated carbocycles. The van der Waals surface area contributed by atoms with Crippen LogP contribution in [0.4, 0.5) is 0 Å². The molecule has 0 amide bonds. The predicted molar refractivity (Wildman–Crippen MR) is 77.4 cm³/mol. The van der Waals surface area contributed by atoms with Crippen LogP contribution in [0.15, 0.2) is 30.6 Å². The van der Waals surface area contributed by atoms with E-state index in [0.717, 1.165) is 17.0 Å². The van der Waals surface area contributed by atoms with Gasteiger partial charge < -0.3 is 5.11 Å². The molecule has 0 aromatic carbocycles. The molecule has 0 spiro atoms. The van der Waals surface area contributed by atoms with Gasteiger partial charge in [-0.2, -0.15) is 5.10 Å². The van der Waals surface area contributed by atoms with E-state index in [1.165, 1.54) is 25.7 Å². The summed E-state index contributed by atoms with van der Waals surface area (Å²) in [7, 11) is 0. The van der Waals surface area contributed by atoms with Gasteiger partial charge >= 0.3 is 0 Å². The van der Waals surface area contributed by atoms with E-state index in [1.54, 1.807) is 6.20 Å². The van der Waals surface area contributed by atoms with Crippen molar-refractivity contribution in [3.8, 4) is 0 Å². The number of aliphatic hydroxyl groups is 1. The number of aromatic nitrogens is 3. The zero-order chi connectivity index (χ0) is 13.9. The van der Waals surface area contributed by atoms with Crippen molar-refractivity contribution in [2.75, 3.05) is 0 Å². The van der Waals surface area contributed by atoms with E-state index in [4.69, 9.17) is 0 Å². The quantitative estimate of drug-likeness (QED) is 0.930. The van der Waals surface area contributed by atoms with Gasteiger partial charge in [0, 0.05) is 24.5 Å². The van der Waals surface area contributed by atoms with Gasteiger partial charge in [-0.25, -0.2) is 0 Å². The molecule has 0 aliphatic heterocycles. The average Bonchev–Trinajstić information content (AvgIpc) is 3.08. The summed E-state index contributed by atoms with van der Waals surface area (Å²) in [4.78, 5) is 4.15. The standard InChI is InChI=1S/C16H21N3O/c1-12-10-13(6-8-17-12)16(20)11-14-7-9-19(18-14)15-4-2-3-5-15/h6-10,15-16,20H,2-5,11H2,1H3. The lowest BCUT2D eigenvalue weighted by Crippen LogP contribution is -2.07. The van der Waals surface area contributed by atoms with E-state index in [-0.39, 0.29) is 0 Å². The second-order valence-electron chi connectivity index (χ2n) is 5.68. The van der Waals surface area contributed by atoms with Crippen LogP contribution in [-0.2, 0) is 6.42 Å². The molecule has 0 bridgehead atoms. The second kappa shape index (κ2) is 5.75. The summed E-state index contributed by atoms with van der Waals surface area (Å²) in [5.41, 5.74) is 2.80. The molecule has 1 aliphatic carbocycles. The smallest absolute Gasteiger partial charge is 0.0847 e. The Hall–Kier alpha value is -1.68. The molecule has 2 aromatic rings. The number of hydrogen-bond donors (Lipinski definition) is 1. The van der Waals surface area contributed by atoms with Gasteiger partial charge in [0.05, 0.1) is 17.8 Å². The van der Waals surface area contributed by atoms with Crippen molar-refractivity contribution >= 4 is 0 Å². The fourth-order valence-electron chi connectivity index (χ4n) is 2.95. The van der Waals surface area contributed by atoms with Crippen molar-refractivity contribution in [1.82, 2.24) is 14.8 Å². The Kier molecular flexibility index (Phi) is 3.83. The van der Waals surface area contributed by atoms with Crippen LogP contribution in [0.25, 0.3) is 0 Å². The number of hydrogen-bond acceptors (Lipinski definition) is 3. The number of aryl methyl sites for hydroxylation is 1. The Morgan fingerprint density at radius 3 is 2.90 bits per heavy atom. The Labute approximate surface area is 119 Å². The first-order valence-electron chi connectivity index (χ1n) is 7.37. The van der Waals surface area contributed by atoms with Gasteiger partial charge in [0.1, 0.15) is 0 Å². The third kappa shape index (κ3) is 2.90. The Bertz CT molecular complexity index is 573. The highest BCUT2D eigenvalue weighted by Gasteiger charge is 2.18. The maximum atomic E-state index is 10.3. The Balaban J connectivity index is 1.68. The molecule has 1 N–H and O–H groups in total. The molecular formula is C16H21N3O. The summed E-state index contributed by atoms with van der Waals surface area (Å²) < 4.78 is 2.08. The molecule has 4 heteroatoms. The number of rotatable bonds is 4. The first-order valence-corrected chi connectivity index (χ1v) is 7.37. The van der Waals surface area contributed by atoms with Crippen LogP contribution >= 0.6 is 0 Å². The number of pyridine rings is 1. The van der Waals surface area contributed by atoms with Crippen LogP contribution in [0.3, 0.4) is 0 Å². The van der Waals surface area contributed by atoms with E-state index >= 15 is 0 Å². The lowest BCUT2D eigenvalue weighted by Gasteiger charge is -2.11. The third-order valence-electron chi connectivity index (χ3n) is 4.07. The van der Waals surface area contributed by atoms with Crippen molar-refractivity contribution < 1.29 is 5.11 Å². The Morgan fingerprint density at radius 1 is 1.35 bits per heavy atom. The van der Waals surface area contributed by atoms with Gasteiger partial charge in [0.15, 0.2) is 0 Å². The van der Waals surface area contributed by atoms with Crippen LogP contribution < -0.4 is 0 Å². The summed E-state index contributed by atoms with van der Waals surface area (Å²) in [5.74, 6) is 0. The van der Waals surface area contributed by atoms with E-state index in [1.807, 2.05) is 25.1 Å². The molecule has 0 radical (unpaired) electrons. The second-order valence-corrected chi connectivity index (χ2v) is 5.68. The zero-order valence-electron chi connectivity index (χ0n) is 11.9. The van der Waals surface area contributed by atoms with E-state index < -0.39 is 6.10 Å². The number of aliphatic hydroxyl groups excluding tert-OH is 1. The molecule has 2 heterocycles. The lowest BCUT2D eigenvalue weighted by atomic mass is 10.1. The van der Waals surface area contributed by atoms with Crippen LogP contribution in [-0.4, -0.2) is 19.9 Å². The normalized spacial score (nSPS) is 17.5. The van der Waals surface area contributed by atoms with Gasteiger partial charge in [-0.15, -0.1) is 0 Å². The average molecular weight is 271 g/mol. The van der Waals surface area contributed by atoms with Gasteiger partial charge in [-0.3, -0.25) is 9.67 Å². The summed E-state index contributed by atoms with van der Waals surface area (Å²) >= 11 is 0. The van der Waals surface area contributed by atoms with Gasteiger partial charge in [-0.05, 0) is 43.5 Å². The maximum absolute atomic E-state index is 10.3. The summed E-state index contributed by atoms with van der Waals surface area (Å²) in [6.07, 6.45) is 8.91. The molecule has 4 nitrogen and oxygen atoms in total. The van der Waals surface area contributed by atoms with E-state index in [0.29, 0.717) is 12.5 Å². The highest BCUT2D eigenvalue weighted by Crippen LogP contribution is 2.29. The van der Waals surface area contributed by atoms with Crippen LogP contribution in [0, 0.1) is 6.92 Å². The first-order chi connectivity index (χ1) is 9.72. The molecule has 106 valence electrons. The van der Waals surface area contributed by atoms with Crippen LogP contribution in [0.2, 0.25) is 0 Å². The largest absolute Gasteiger partial charge is 0.388 e. The first kappa shape index (κ1) is 13.3. The summed E-state index contributed by atoms with van der Waals surface area (Å²) in [6, 6.07) is 6.38. The summed E-state index contributed by atoms with van der Waals surface area (Å²) in [6.45, 7) is 1.94. The van der Waals surface area contributed by atoms with Crippen LogP contribution in [0.5, 0.6) is 0 Å². The topological polar surface area (TPSA) is 50.9 Å². The fraction of sp³-hybridized carbons (Fsp3) is 0.500. The number of nitrogens with zero attached hydrogens (tertiary/aromatic N) is 3. The van der Waals surface area contributed by atoms with Gasteiger partial charge in [-0.1, -0.05) is 12.8 Å². The third-order valence-corrected chi connectivity index (χ3v) is 4.07. The van der Waals surface area contributed by atoms with E-state index in [2.05, 4.69) is 21.0 Å². The zero-order valence-corrected chi connectivity index (χ0v) is 11.9. The highest BCUT2D eigenvalue weighted by atomic mass is 16.3. The summed E-state index contributed by atoms with van der Waals surface area (Å²) in [5, 5.41) is 14.9. The molecule has 2 aromatic heterocycles. The highest BCUT2D eigenvalue weighted by molar-refractivity contribution is 5.19. The van der Waals surface area contributed by atoms with E-state index in [9.17, 15) is 5.11 Å². The molecule has 20 heavy (non-hydrogen) atoms. The molecule has 1 atom stereocenters. The molecular weight excluding hydrogens is 250 g/mol. The van der Waals surface area contributed by atoms with Crippen molar-refractivity contribution in [3.63, 3.8) is 0 Å². The monoisotopic (exact) mass is 271 g/mol. The van der Waals surface area contributed by atoms with Crippen LogP contribution in [0.1, 0.15) is 54.8 Å². The molecule has 1 fully saturated rings. The van der Waals surface area contributed by atoms with Gasteiger partial charge in [0.2, 0.25) is 0 Å². The minimum atomic E-state index is -0.511. The SMILES string of the molecule is Cc1cc(C(O)Cc2ccn(C3CCCC3)n2)ccn1. The molecule has 1 aliphatic rings.